The van der Waals surface area contributed by atoms with E-state index in [1.165, 1.54) is 12.6 Å². The van der Waals surface area contributed by atoms with Gasteiger partial charge in [-0.2, -0.15) is 0 Å². The molecule has 3 aromatic rings. The number of aryl methyl sites for hydroxylation is 2. The molecule has 4 rings (SSSR count). The predicted octanol–water partition coefficient (Wildman–Crippen LogP) is 1.03. The van der Waals surface area contributed by atoms with E-state index >= 15 is 0 Å². The third-order valence-corrected chi connectivity index (χ3v) is 8.67. The maximum absolute atomic E-state index is 13.1. The number of likely N-dealkylation sites (tertiary alicyclic amines) is 1. The molecule has 3 amide bonds. The largest absolute Gasteiger partial charge is 1.00 e. The number of methoxy groups -OCH3 is 1. The summed E-state index contributed by atoms with van der Waals surface area (Å²) in [5.74, 6) is -0.243. The molecule has 0 radical (unpaired) electrons. The van der Waals surface area contributed by atoms with Crippen LogP contribution in [0.25, 0.3) is 0 Å². The third kappa shape index (κ3) is 9.44. The minimum absolute atomic E-state index is 0. The first-order valence-electron chi connectivity index (χ1n) is 15.0. The summed E-state index contributed by atoms with van der Waals surface area (Å²) in [6.07, 6.45) is 4.09. The number of aromatic nitrogens is 2. The normalized spacial score (nSPS) is 17.4. The molecule has 1 aliphatic heterocycles. The van der Waals surface area contributed by atoms with Crippen LogP contribution < -0.4 is 33.9 Å². The average molecular weight is 675 g/mol. The van der Waals surface area contributed by atoms with E-state index in [4.69, 9.17) is 32.9 Å². The lowest BCUT2D eigenvalue weighted by molar-refractivity contribution is -0.933. The van der Waals surface area contributed by atoms with Gasteiger partial charge in [-0.3, -0.25) is 9.59 Å². The Labute approximate surface area is 280 Å². The minimum atomic E-state index is -1.30. The number of piperidine rings is 1. The molecule has 1 saturated heterocycles. The maximum Gasteiger partial charge on any atom is 0.414 e. The van der Waals surface area contributed by atoms with Gasteiger partial charge in [0.25, 0.3) is 11.8 Å². The number of hydrogen-bond donors (Lipinski definition) is 4. The van der Waals surface area contributed by atoms with Crippen LogP contribution >= 0.6 is 11.6 Å². The summed E-state index contributed by atoms with van der Waals surface area (Å²) in [5, 5.41) is 12.1. The maximum atomic E-state index is 13.1. The van der Waals surface area contributed by atoms with E-state index in [0.717, 1.165) is 80.5 Å². The van der Waals surface area contributed by atoms with Gasteiger partial charge in [-0.15, -0.1) is 0 Å². The molecule has 1 fully saturated rings. The van der Waals surface area contributed by atoms with Crippen molar-refractivity contribution in [3.8, 4) is 5.75 Å². The number of carbonyl (C=O) groups excluding carboxylic acids is 2. The second-order valence-electron chi connectivity index (χ2n) is 11.5. The van der Waals surface area contributed by atoms with E-state index < -0.39 is 17.9 Å². The molecule has 0 bridgehead atoms. The molecule has 248 valence electrons. The number of nitrogens with two attached hydrogens (primary N) is 2. The molecule has 12 nitrogen and oxygen atoms in total. The Morgan fingerprint density at radius 1 is 1.00 bits per heavy atom. The second-order valence-corrected chi connectivity index (χ2v) is 11.9. The van der Waals surface area contributed by atoms with E-state index in [-0.39, 0.29) is 40.9 Å². The highest BCUT2D eigenvalue weighted by Crippen LogP contribution is 2.24. The summed E-state index contributed by atoms with van der Waals surface area (Å²) in [6, 6.07) is 15.1. The molecular weight excluding hydrogens is 633 g/mol. The summed E-state index contributed by atoms with van der Waals surface area (Å²) >= 11 is 6.01. The van der Waals surface area contributed by atoms with Gasteiger partial charge in [-0.1, -0.05) is 35.9 Å². The standard InChI is InChI=1S/C32H40ClN7O5.ClH/c1-39(32(43)44)31(42)23-13-9-21(10-14-23)6-3-17-40(18-4-7-22-11-15-25(45-2)16-12-22)19-5-8-24(20-40)36-30(41)26-28(34)38-29(35)27(33)37-26;/h9-16,24H,3-8,17-20H2,1-2H3,(H5-,34,35,36,38,41,43,44);1H. The molecule has 1 aromatic heterocycles. The van der Waals surface area contributed by atoms with Crippen LogP contribution in [0, 0.1) is 0 Å². The van der Waals surface area contributed by atoms with Crippen molar-refractivity contribution >= 4 is 41.1 Å². The highest BCUT2D eigenvalue weighted by molar-refractivity contribution is 6.31. The summed E-state index contributed by atoms with van der Waals surface area (Å²) in [4.78, 5) is 45.3. The Bertz CT molecular complexity index is 1510. The zero-order valence-corrected chi connectivity index (χ0v) is 27.6. The van der Waals surface area contributed by atoms with Crippen molar-refractivity contribution in [2.24, 2.45) is 0 Å². The number of imide groups is 1. The summed E-state index contributed by atoms with van der Waals surface area (Å²) in [7, 11) is 2.89. The van der Waals surface area contributed by atoms with Crippen molar-refractivity contribution in [3.05, 3.63) is 76.1 Å². The van der Waals surface area contributed by atoms with E-state index in [0.29, 0.717) is 10.5 Å². The fourth-order valence-electron chi connectivity index (χ4n) is 5.95. The van der Waals surface area contributed by atoms with E-state index in [2.05, 4.69) is 27.4 Å². The van der Waals surface area contributed by atoms with Gasteiger partial charge in [0.05, 0.1) is 39.3 Å². The van der Waals surface area contributed by atoms with Crippen LogP contribution in [0.2, 0.25) is 5.15 Å². The molecular formula is C32H41Cl2N7O5. The smallest absolute Gasteiger partial charge is 0.414 e. The highest BCUT2D eigenvalue weighted by atomic mass is 35.5. The van der Waals surface area contributed by atoms with Gasteiger partial charge in [0, 0.05) is 25.5 Å². The van der Waals surface area contributed by atoms with Crippen LogP contribution in [0.15, 0.2) is 48.5 Å². The SMILES string of the molecule is COc1ccc(CCC[N+]2(CCCc3ccc(C(=O)N(C)C(=O)O)cc3)CCCC(NC(=O)c3nc(Cl)c(N)nc3N)C2)cc1.[Cl-]. The average Bonchev–Trinajstić information content (AvgIpc) is 3.03. The van der Waals surface area contributed by atoms with E-state index in [1.807, 2.05) is 24.3 Å². The summed E-state index contributed by atoms with van der Waals surface area (Å²) < 4.78 is 6.14. The number of halogens is 2. The zero-order chi connectivity index (χ0) is 32.6. The number of nitrogens with zero attached hydrogens (tertiary/aromatic N) is 4. The number of nitrogen functional groups attached to an aromatic ring is 2. The second kappa shape index (κ2) is 16.4. The Balaban J connectivity index is 0.00000576. The van der Waals surface area contributed by atoms with Crippen molar-refractivity contribution in [1.29, 1.82) is 0 Å². The lowest BCUT2D eigenvalue weighted by Gasteiger charge is -2.45. The first-order chi connectivity index (χ1) is 21.5. The van der Waals surface area contributed by atoms with Crippen molar-refractivity contribution in [2.75, 3.05) is 51.8 Å². The van der Waals surface area contributed by atoms with Gasteiger partial charge in [-0.25, -0.2) is 19.7 Å². The Kier molecular flexibility index (Phi) is 13.0. The van der Waals surface area contributed by atoms with Gasteiger partial charge in [0.2, 0.25) is 0 Å². The summed E-state index contributed by atoms with van der Waals surface area (Å²) in [5.41, 5.74) is 14.2. The van der Waals surface area contributed by atoms with Crippen molar-refractivity contribution in [3.63, 3.8) is 0 Å². The molecule has 0 aliphatic carbocycles. The molecule has 2 atom stereocenters. The van der Waals surface area contributed by atoms with E-state index in [9.17, 15) is 14.4 Å². The minimum Gasteiger partial charge on any atom is -1.00 e. The van der Waals surface area contributed by atoms with Crippen LogP contribution in [0.4, 0.5) is 16.4 Å². The lowest BCUT2D eigenvalue weighted by Crippen LogP contribution is -3.00. The van der Waals surface area contributed by atoms with Gasteiger partial charge < -0.3 is 43.5 Å². The number of amides is 3. The molecule has 6 N–H and O–H groups in total. The van der Waals surface area contributed by atoms with Crippen LogP contribution in [0.5, 0.6) is 5.75 Å². The molecule has 0 spiro atoms. The van der Waals surface area contributed by atoms with Crippen molar-refractivity contribution in [2.45, 2.75) is 44.6 Å². The van der Waals surface area contributed by atoms with Gasteiger partial charge in [0.15, 0.2) is 22.5 Å². The molecule has 2 aromatic carbocycles. The zero-order valence-electron chi connectivity index (χ0n) is 26.0. The van der Waals surface area contributed by atoms with E-state index in [1.54, 1.807) is 19.2 Å². The summed E-state index contributed by atoms with van der Waals surface area (Å²) in [6.45, 7) is 3.62. The number of quaternary nitrogens is 1. The first kappa shape index (κ1) is 36.3. The highest BCUT2D eigenvalue weighted by Gasteiger charge is 2.35. The molecule has 1 aliphatic rings. The van der Waals surface area contributed by atoms with Gasteiger partial charge >= 0.3 is 6.09 Å². The van der Waals surface area contributed by atoms with Crippen LogP contribution in [-0.2, 0) is 12.8 Å². The quantitative estimate of drug-likeness (QED) is 0.205. The third-order valence-electron chi connectivity index (χ3n) is 8.40. The molecule has 2 heterocycles. The number of carbonyl (C=O) groups is 3. The van der Waals surface area contributed by atoms with Crippen LogP contribution in [0.1, 0.15) is 57.7 Å². The Hall–Kier alpha value is -4.13. The van der Waals surface area contributed by atoms with Crippen LogP contribution in [0.3, 0.4) is 0 Å². The Morgan fingerprint density at radius 2 is 1.59 bits per heavy atom. The van der Waals surface area contributed by atoms with Gasteiger partial charge in [-0.05, 0) is 61.1 Å². The lowest BCUT2D eigenvalue weighted by atomic mass is 9.98. The number of hydrogen-bond acceptors (Lipinski definition) is 8. The van der Waals surface area contributed by atoms with Crippen molar-refractivity contribution in [1.82, 2.24) is 20.2 Å². The van der Waals surface area contributed by atoms with Crippen LogP contribution in [-0.4, -0.2) is 88.7 Å². The molecule has 46 heavy (non-hydrogen) atoms. The number of carboxylic acid groups (broad SMARTS) is 1. The molecule has 14 heteroatoms. The number of benzene rings is 2. The topological polar surface area (TPSA) is 174 Å². The fraction of sp³-hybridized carbons (Fsp3) is 0.406. The van der Waals surface area contributed by atoms with Gasteiger partial charge in [0.1, 0.15) is 5.75 Å². The fourth-order valence-corrected chi connectivity index (χ4v) is 6.07. The Morgan fingerprint density at radius 3 is 2.15 bits per heavy atom. The number of rotatable bonds is 12. The number of nitrogens with one attached hydrogen (secondary N) is 1. The van der Waals surface area contributed by atoms with Crippen molar-refractivity contribution < 1.29 is 41.1 Å². The molecule has 0 saturated carbocycles. The molecule has 2 unspecified atom stereocenters. The first-order valence-corrected chi connectivity index (χ1v) is 15.4. The number of anilines is 2. The monoisotopic (exact) mass is 673 g/mol. The number of ether oxygens (including phenoxy) is 1. The predicted molar refractivity (Wildman–Crippen MR) is 172 cm³/mol.